The summed E-state index contributed by atoms with van der Waals surface area (Å²) in [6, 6.07) is 2.96. The van der Waals surface area contributed by atoms with Gasteiger partial charge in [0.25, 0.3) is 11.6 Å². The van der Waals surface area contributed by atoms with Crippen LogP contribution in [0.15, 0.2) is 16.6 Å². The maximum Gasteiger partial charge on any atom is 0.289 e. The molecular formula is C14H18BrClN4O3. The molecule has 0 aromatic heterocycles. The lowest BCUT2D eigenvalue weighted by Crippen LogP contribution is -2.54. The Labute approximate surface area is 147 Å². The zero-order valence-electron chi connectivity index (χ0n) is 12.9. The van der Waals surface area contributed by atoms with Crippen LogP contribution in [-0.2, 0) is 0 Å². The van der Waals surface area contributed by atoms with Crippen LogP contribution in [0, 0.1) is 10.1 Å². The number of hydrogen-bond acceptors (Lipinski definition) is 5. The number of halogens is 2. The fourth-order valence-corrected chi connectivity index (χ4v) is 3.21. The Balaban J connectivity index is 2.10. The topological polar surface area (TPSA) is 78.7 Å². The molecule has 0 bridgehead atoms. The summed E-state index contributed by atoms with van der Waals surface area (Å²) < 4.78 is 0.438. The van der Waals surface area contributed by atoms with Crippen molar-refractivity contribution >= 4 is 39.1 Å². The third-order valence-electron chi connectivity index (χ3n) is 3.94. The molecule has 0 radical (unpaired) electrons. The summed E-state index contributed by atoms with van der Waals surface area (Å²) in [5.74, 6) is -0.416. The lowest BCUT2D eigenvalue weighted by atomic mass is 10.1. The van der Waals surface area contributed by atoms with Crippen molar-refractivity contribution in [3.63, 3.8) is 0 Å². The van der Waals surface area contributed by atoms with Crippen LogP contribution in [0.1, 0.15) is 10.4 Å². The van der Waals surface area contributed by atoms with E-state index < -0.39 is 10.8 Å². The van der Waals surface area contributed by atoms with Gasteiger partial charge in [0, 0.05) is 42.8 Å². The van der Waals surface area contributed by atoms with Crippen LogP contribution in [0.4, 0.5) is 5.69 Å². The summed E-state index contributed by atoms with van der Waals surface area (Å²) in [6.07, 6.45) is 0. The van der Waals surface area contributed by atoms with Gasteiger partial charge in [-0.2, -0.15) is 0 Å². The molecule has 1 aliphatic rings. The first-order valence-electron chi connectivity index (χ1n) is 7.10. The molecule has 1 unspecified atom stereocenters. The Morgan fingerprint density at radius 2 is 2.17 bits per heavy atom. The van der Waals surface area contributed by atoms with Gasteiger partial charge in [0.1, 0.15) is 5.02 Å². The van der Waals surface area contributed by atoms with E-state index in [0.717, 1.165) is 19.6 Å². The summed E-state index contributed by atoms with van der Waals surface area (Å²) in [7, 11) is 4.05. The SMILES string of the molecule is CN1CCN(C)C(CNC(=O)c2cc(Br)cc([N+](=O)[O-])c2Cl)C1. The van der Waals surface area contributed by atoms with Gasteiger partial charge in [-0.1, -0.05) is 27.5 Å². The molecule has 1 aromatic carbocycles. The van der Waals surface area contributed by atoms with E-state index in [2.05, 4.69) is 31.0 Å². The number of nitrogens with one attached hydrogen (secondary N) is 1. The summed E-state index contributed by atoms with van der Waals surface area (Å²) in [5, 5.41) is 13.7. The maximum atomic E-state index is 12.4. The lowest BCUT2D eigenvalue weighted by Gasteiger charge is -2.37. The van der Waals surface area contributed by atoms with E-state index in [-0.39, 0.29) is 22.3 Å². The summed E-state index contributed by atoms with van der Waals surface area (Å²) in [5.41, 5.74) is -0.194. The Bertz CT molecular complexity index is 628. The second-order valence-electron chi connectivity index (χ2n) is 5.65. The number of carbonyl (C=O) groups excluding carboxylic acids is 1. The lowest BCUT2D eigenvalue weighted by molar-refractivity contribution is -0.384. The van der Waals surface area contributed by atoms with Gasteiger partial charge in [-0.25, -0.2) is 0 Å². The average molecular weight is 406 g/mol. The molecule has 23 heavy (non-hydrogen) atoms. The van der Waals surface area contributed by atoms with E-state index in [1.165, 1.54) is 12.1 Å². The zero-order chi connectivity index (χ0) is 17.1. The van der Waals surface area contributed by atoms with Gasteiger partial charge in [0.05, 0.1) is 10.5 Å². The Morgan fingerprint density at radius 1 is 1.48 bits per heavy atom. The van der Waals surface area contributed by atoms with Crippen molar-refractivity contribution in [3.05, 3.63) is 37.3 Å². The minimum Gasteiger partial charge on any atom is -0.350 e. The fraction of sp³-hybridized carbons (Fsp3) is 0.500. The molecule has 2 rings (SSSR count). The maximum absolute atomic E-state index is 12.4. The first kappa shape index (κ1) is 18.1. The Kier molecular flexibility index (Phi) is 5.96. The monoisotopic (exact) mass is 404 g/mol. The van der Waals surface area contributed by atoms with Gasteiger partial charge < -0.3 is 10.2 Å². The number of likely N-dealkylation sites (N-methyl/N-ethyl adjacent to an activating group) is 2. The Morgan fingerprint density at radius 3 is 2.83 bits per heavy atom. The number of nitro benzene ring substituents is 1. The molecule has 1 heterocycles. The van der Waals surface area contributed by atoms with Crippen LogP contribution < -0.4 is 5.32 Å². The van der Waals surface area contributed by atoms with Gasteiger partial charge in [0.15, 0.2) is 0 Å². The van der Waals surface area contributed by atoms with E-state index in [1.54, 1.807) is 0 Å². The average Bonchev–Trinajstić information content (AvgIpc) is 2.49. The molecule has 1 atom stereocenters. The van der Waals surface area contributed by atoms with Gasteiger partial charge in [0.2, 0.25) is 0 Å². The zero-order valence-corrected chi connectivity index (χ0v) is 15.2. The van der Waals surface area contributed by atoms with Crippen molar-refractivity contribution in [2.45, 2.75) is 6.04 Å². The standard InChI is InChI=1S/C14H18BrClN4O3/c1-18-3-4-19(2)10(8-18)7-17-14(21)11-5-9(15)6-12(13(11)16)20(22)23/h5-6,10H,3-4,7-8H2,1-2H3,(H,17,21). The van der Waals surface area contributed by atoms with E-state index in [9.17, 15) is 14.9 Å². The van der Waals surface area contributed by atoms with Crippen molar-refractivity contribution < 1.29 is 9.72 Å². The minimum absolute atomic E-state index is 0.0968. The minimum atomic E-state index is -0.603. The van der Waals surface area contributed by atoms with Crippen LogP contribution in [0.25, 0.3) is 0 Å². The van der Waals surface area contributed by atoms with Crippen molar-refractivity contribution in [1.82, 2.24) is 15.1 Å². The molecule has 0 saturated carbocycles. The molecule has 0 aliphatic carbocycles. The number of nitrogens with zero attached hydrogens (tertiary/aromatic N) is 3. The number of carbonyl (C=O) groups is 1. The van der Waals surface area contributed by atoms with Crippen LogP contribution in [0.3, 0.4) is 0 Å². The molecule has 9 heteroatoms. The molecule has 0 spiro atoms. The van der Waals surface area contributed by atoms with Crippen LogP contribution in [0.2, 0.25) is 5.02 Å². The van der Waals surface area contributed by atoms with Gasteiger partial charge in [-0.15, -0.1) is 0 Å². The Hall–Kier alpha value is -1.22. The molecule has 1 aliphatic heterocycles. The molecule has 1 saturated heterocycles. The highest BCUT2D eigenvalue weighted by Crippen LogP contribution is 2.31. The van der Waals surface area contributed by atoms with E-state index in [4.69, 9.17) is 11.6 Å². The molecule has 7 nitrogen and oxygen atoms in total. The molecular weight excluding hydrogens is 388 g/mol. The molecule has 1 N–H and O–H groups in total. The number of piperazine rings is 1. The van der Waals surface area contributed by atoms with Crippen LogP contribution >= 0.6 is 27.5 Å². The summed E-state index contributed by atoms with van der Waals surface area (Å²) >= 11 is 9.17. The highest BCUT2D eigenvalue weighted by Gasteiger charge is 2.25. The molecule has 1 amide bonds. The van der Waals surface area contributed by atoms with E-state index in [1.807, 2.05) is 14.1 Å². The molecule has 1 fully saturated rings. The molecule has 126 valence electrons. The second kappa shape index (κ2) is 7.57. The predicted octanol–water partition coefficient (Wildman–Crippen LogP) is 1.99. The van der Waals surface area contributed by atoms with Crippen molar-refractivity contribution in [1.29, 1.82) is 0 Å². The molecule has 1 aromatic rings. The first-order chi connectivity index (χ1) is 10.8. The summed E-state index contributed by atoms with van der Waals surface area (Å²) in [6.45, 7) is 3.23. The second-order valence-corrected chi connectivity index (χ2v) is 6.94. The van der Waals surface area contributed by atoms with Gasteiger partial charge >= 0.3 is 0 Å². The fourth-order valence-electron chi connectivity index (χ4n) is 2.50. The van der Waals surface area contributed by atoms with E-state index in [0.29, 0.717) is 11.0 Å². The highest BCUT2D eigenvalue weighted by molar-refractivity contribution is 9.10. The van der Waals surface area contributed by atoms with E-state index >= 15 is 0 Å². The van der Waals surface area contributed by atoms with Crippen LogP contribution in [0.5, 0.6) is 0 Å². The van der Waals surface area contributed by atoms with Crippen molar-refractivity contribution in [2.24, 2.45) is 0 Å². The largest absolute Gasteiger partial charge is 0.350 e. The quantitative estimate of drug-likeness (QED) is 0.612. The normalized spacial score (nSPS) is 19.6. The number of amides is 1. The van der Waals surface area contributed by atoms with Crippen molar-refractivity contribution in [3.8, 4) is 0 Å². The van der Waals surface area contributed by atoms with Crippen LogP contribution in [-0.4, -0.2) is 66.9 Å². The number of nitro groups is 1. The van der Waals surface area contributed by atoms with Crippen molar-refractivity contribution in [2.75, 3.05) is 40.3 Å². The third kappa shape index (κ3) is 4.41. The summed E-state index contributed by atoms with van der Waals surface area (Å²) in [4.78, 5) is 27.1. The van der Waals surface area contributed by atoms with Gasteiger partial charge in [-0.3, -0.25) is 19.8 Å². The third-order valence-corrected chi connectivity index (χ3v) is 4.79. The van der Waals surface area contributed by atoms with Gasteiger partial charge in [-0.05, 0) is 20.2 Å². The first-order valence-corrected chi connectivity index (χ1v) is 8.27. The number of hydrogen-bond donors (Lipinski definition) is 1. The number of benzene rings is 1. The highest BCUT2D eigenvalue weighted by atomic mass is 79.9. The number of rotatable bonds is 4. The predicted molar refractivity (Wildman–Crippen MR) is 92.1 cm³/mol. The smallest absolute Gasteiger partial charge is 0.289 e.